The molecule has 0 amide bonds. The molecule has 0 atom stereocenters. The van der Waals surface area contributed by atoms with Crippen molar-refractivity contribution in [3.63, 3.8) is 0 Å². The Morgan fingerprint density at radius 2 is 1.52 bits per heavy atom. The number of rotatable bonds is 7. The van der Waals surface area contributed by atoms with Crippen molar-refractivity contribution in [3.05, 3.63) is 83.1 Å². The third kappa shape index (κ3) is 5.81. The maximum atomic E-state index is 12.0. The van der Waals surface area contributed by atoms with Crippen LogP contribution in [-0.4, -0.2) is 36.7 Å². The lowest BCUT2D eigenvalue weighted by Crippen LogP contribution is -2.05. The molecule has 2 aliphatic carbocycles. The highest BCUT2D eigenvalue weighted by molar-refractivity contribution is 6.05. The zero-order chi connectivity index (χ0) is 19.8. The third-order valence-corrected chi connectivity index (χ3v) is 3.79. The summed E-state index contributed by atoms with van der Waals surface area (Å²) in [6.07, 6.45) is 13.7. The molecule has 0 saturated carbocycles. The maximum Gasteiger partial charge on any atom is 0.220 e. The van der Waals surface area contributed by atoms with Crippen LogP contribution in [0.15, 0.2) is 83.1 Å². The SMILES string of the molecule is COC1=CC(=CC=C(O)CC(=O)CC=C2C=CC(=O)C(OC)=C2)C=CC1=O. The molecule has 0 saturated heterocycles. The van der Waals surface area contributed by atoms with Gasteiger partial charge in [-0.2, -0.15) is 0 Å². The number of methoxy groups -OCH3 is 2. The minimum Gasteiger partial charge on any atom is -0.512 e. The van der Waals surface area contributed by atoms with Gasteiger partial charge in [0.1, 0.15) is 5.78 Å². The van der Waals surface area contributed by atoms with Gasteiger partial charge in [-0.1, -0.05) is 24.3 Å². The van der Waals surface area contributed by atoms with Crippen LogP contribution in [0.5, 0.6) is 0 Å². The fourth-order valence-corrected chi connectivity index (χ4v) is 2.36. The summed E-state index contributed by atoms with van der Waals surface area (Å²) in [5.41, 5.74) is 1.36. The molecule has 0 aromatic heterocycles. The van der Waals surface area contributed by atoms with Crippen molar-refractivity contribution in [2.24, 2.45) is 0 Å². The predicted octanol–water partition coefficient (Wildman–Crippen LogP) is 2.97. The van der Waals surface area contributed by atoms with Crippen molar-refractivity contribution >= 4 is 17.3 Å². The number of hydrogen-bond donors (Lipinski definition) is 1. The Bertz CT molecular complexity index is 859. The molecule has 0 fully saturated rings. The highest BCUT2D eigenvalue weighted by Gasteiger charge is 2.12. The Balaban J connectivity index is 1.95. The molecule has 0 unspecified atom stereocenters. The molecule has 0 bridgehead atoms. The summed E-state index contributed by atoms with van der Waals surface area (Å²) in [7, 11) is 2.81. The van der Waals surface area contributed by atoms with E-state index >= 15 is 0 Å². The molecule has 140 valence electrons. The lowest BCUT2D eigenvalue weighted by molar-refractivity contribution is -0.118. The Morgan fingerprint density at radius 1 is 0.963 bits per heavy atom. The number of hydrogen-bond acceptors (Lipinski definition) is 6. The molecule has 0 heterocycles. The Labute approximate surface area is 157 Å². The summed E-state index contributed by atoms with van der Waals surface area (Å²) in [6, 6.07) is 0. The topological polar surface area (TPSA) is 89.9 Å². The average Bonchev–Trinajstić information content (AvgIpc) is 2.66. The van der Waals surface area contributed by atoms with E-state index in [4.69, 9.17) is 9.47 Å². The van der Waals surface area contributed by atoms with Gasteiger partial charge in [0.2, 0.25) is 11.6 Å². The molecule has 0 aromatic carbocycles. The van der Waals surface area contributed by atoms with Crippen molar-refractivity contribution in [2.75, 3.05) is 14.2 Å². The molecule has 6 nitrogen and oxygen atoms in total. The first-order valence-electron chi connectivity index (χ1n) is 8.21. The Hall–Kier alpha value is -3.41. The van der Waals surface area contributed by atoms with E-state index in [0.717, 1.165) is 0 Å². The van der Waals surface area contributed by atoms with Gasteiger partial charge < -0.3 is 14.6 Å². The monoisotopic (exact) mass is 368 g/mol. The van der Waals surface area contributed by atoms with Crippen LogP contribution < -0.4 is 0 Å². The molecule has 0 aliphatic heterocycles. The first-order valence-corrected chi connectivity index (χ1v) is 8.21. The predicted molar refractivity (Wildman–Crippen MR) is 99.6 cm³/mol. The molecular weight excluding hydrogens is 348 g/mol. The minimum absolute atomic E-state index is 0.0916. The Kier molecular flexibility index (Phi) is 6.88. The van der Waals surface area contributed by atoms with E-state index < -0.39 is 0 Å². The summed E-state index contributed by atoms with van der Waals surface area (Å²) in [5.74, 6) is -0.301. The second-order valence-electron chi connectivity index (χ2n) is 5.77. The van der Waals surface area contributed by atoms with Crippen LogP contribution in [-0.2, 0) is 23.9 Å². The van der Waals surface area contributed by atoms with E-state index in [2.05, 4.69) is 0 Å². The fourth-order valence-electron chi connectivity index (χ4n) is 2.36. The zero-order valence-electron chi connectivity index (χ0n) is 15.1. The summed E-state index contributed by atoms with van der Waals surface area (Å²) in [6.45, 7) is 0. The number of carbonyl (C=O) groups excluding carboxylic acids is 3. The molecule has 2 aliphatic rings. The van der Waals surface area contributed by atoms with E-state index in [1.54, 1.807) is 36.5 Å². The van der Waals surface area contributed by atoms with Gasteiger partial charge in [0, 0.05) is 6.42 Å². The van der Waals surface area contributed by atoms with E-state index in [-0.39, 0.29) is 47.5 Å². The zero-order valence-corrected chi connectivity index (χ0v) is 15.1. The largest absolute Gasteiger partial charge is 0.512 e. The highest BCUT2D eigenvalue weighted by Crippen LogP contribution is 2.16. The number of ether oxygens (including phenoxy) is 2. The van der Waals surface area contributed by atoms with Crippen LogP contribution in [0.2, 0.25) is 0 Å². The van der Waals surface area contributed by atoms with Gasteiger partial charge in [-0.25, -0.2) is 0 Å². The van der Waals surface area contributed by atoms with Gasteiger partial charge >= 0.3 is 0 Å². The first-order chi connectivity index (χ1) is 12.9. The van der Waals surface area contributed by atoms with Gasteiger partial charge in [-0.05, 0) is 41.5 Å². The van der Waals surface area contributed by atoms with Crippen LogP contribution in [0, 0.1) is 0 Å². The number of carbonyl (C=O) groups is 3. The van der Waals surface area contributed by atoms with Crippen molar-refractivity contribution < 1.29 is 29.0 Å². The molecule has 27 heavy (non-hydrogen) atoms. The summed E-state index contributed by atoms with van der Waals surface area (Å²) < 4.78 is 9.91. The molecule has 6 heteroatoms. The van der Waals surface area contributed by atoms with Crippen LogP contribution in [0.3, 0.4) is 0 Å². The molecule has 0 radical (unpaired) electrons. The minimum atomic E-state index is -0.227. The van der Waals surface area contributed by atoms with Gasteiger partial charge in [0.25, 0.3) is 0 Å². The lowest BCUT2D eigenvalue weighted by atomic mass is 10.0. The molecule has 2 rings (SSSR count). The number of aliphatic hydroxyl groups excluding tert-OH is 1. The smallest absolute Gasteiger partial charge is 0.220 e. The van der Waals surface area contributed by atoms with Crippen LogP contribution >= 0.6 is 0 Å². The normalized spacial score (nSPS) is 20.0. The van der Waals surface area contributed by atoms with Crippen molar-refractivity contribution in [3.8, 4) is 0 Å². The Morgan fingerprint density at radius 3 is 2.11 bits per heavy atom. The second kappa shape index (κ2) is 9.33. The van der Waals surface area contributed by atoms with E-state index in [0.29, 0.717) is 11.1 Å². The summed E-state index contributed by atoms with van der Waals surface area (Å²) in [5, 5.41) is 9.92. The van der Waals surface area contributed by atoms with E-state index in [1.165, 1.54) is 32.4 Å². The van der Waals surface area contributed by atoms with E-state index in [9.17, 15) is 19.5 Å². The number of allylic oxidation sites excluding steroid dienone is 12. The summed E-state index contributed by atoms with van der Waals surface area (Å²) >= 11 is 0. The van der Waals surface area contributed by atoms with E-state index in [1.807, 2.05) is 0 Å². The molecular formula is C21H20O6. The number of aliphatic hydroxyl groups is 1. The number of ketones is 3. The number of Topliss-reactive ketones (excluding diaryl/α,β-unsaturated/α-hetero) is 1. The second-order valence-corrected chi connectivity index (χ2v) is 5.77. The van der Waals surface area contributed by atoms with Gasteiger partial charge in [0.15, 0.2) is 11.5 Å². The standard InChI is InChI=1S/C21H20O6/c1-26-20-11-14(5-9-18(20)24)3-7-16(22)13-17(23)8-4-15-6-10-19(25)21(12-15)27-2/h3-7,9-12,22H,8,13H2,1-2H3. The molecule has 0 spiro atoms. The van der Waals surface area contributed by atoms with Gasteiger partial charge in [-0.15, -0.1) is 0 Å². The van der Waals surface area contributed by atoms with Crippen molar-refractivity contribution in [2.45, 2.75) is 12.8 Å². The first kappa shape index (κ1) is 19.9. The maximum absolute atomic E-state index is 12.0. The molecule has 1 N–H and O–H groups in total. The average molecular weight is 368 g/mol. The van der Waals surface area contributed by atoms with Crippen molar-refractivity contribution in [1.29, 1.82) is 0 Å². The summed E-state index contributed by atoms with van der Waals surface area (Å²) in [4.78, 5) is 34.9. The van der Waals surface area contributed by atoms with Crippen LogP contribution in [0.1, 0.15) is 12.8 Å². The quantitative estimate of drug-likeness (QED) is 0.695. The van der Waals surface area contributed by atoms with Gasteiger partial charge in [-0.3, -0.25) is 14.4 Å². The highest BCUT2D eigenvalue weighted by atomic mass is 16.5. The third-order valence-electron chi connectivity index (χ3n) is 3.79. The van der Waals surface area contributed by atoms with Crippen LogP contribution in [0.4, 0.5) is 0 Å². The van der Waals surface area contributed by atoms with Gasteiger partial charge in [0.05, 0.1) is 26.4 Å². The lowest BCUT2D eigenvalue weighted by Gasteiger charge is -2.07. The molecule has 0 aromatic rings. The van der Waals surface area contributed by atoms with Crippen molar-refractivity contribution in [1.82, 2.24) is 0 Å². The fraction of sp³-hybridized carbons (Fsp3) is 0.190. The van der Waals surface area contributed by atoms with Crippen LogP contribution in [0.25, 0.3) is 0 Å².